The van der Waals surface area contributed by atoms with Gasteiger partial charge in [0.1, 0.15) is 17.0 Å². The van der Waals surface area contributed by atoms with Crippen molar-refractivity contribution in [2.24, 2.45) is 0 Å². The summed E-state index contributed by atoms with van der Waals surface area (Å²) in [4.78, 5) is 32.8. The highest BCUT2D eigenvalue weighted by Gasteiger charge is 2.13. The number of aromatic carboxylic acids is 2. The van der Waals surface area contributed by atoms with Crippen molar-refractivity contribution in [2.75, 3.05) is 5.32 Å². The van der Waals surface area contributed by atoms with Crippen molar-refractivity contribution >= 4 is 45.0 Å². The molecule has 3 rings (SSSR count). The lowest BCUT2D eigenvalue weighted by Crippen LogP contribution is -2.04. The van der Waals surface area contributed by atoms with Crippen LogP contribution in [0.15, 0.2) is 30.6 Å². The van der Waals surface area contributed by atoms with Crippen LogP contribution in [0.4, 0.5) is 11.5 Å². The Bertz CT molecular complexity index is 919. The molecule has 0 saturated carbocycles. The standard InChI is InChI=1S/C16H13N3O4S/c1-2-11-6-12-13(17-7-18-14(12)24-11)19-10-4-8(15(20)21)3-9(5-10)16(22)23/h3-7H,2H2,1H3,(H,20,21)(H,22,23)(H,17,18,19). The van der Waals surface area contributed by atoms with E-state index in [4.69, 9.17) is 10.2 Å². The second-order valence-electron chi connectivity index (χ2n) is 5.04. The molecule has 0 amide bonds. The molecule has 0 aliphatic heterocycles. The summed E-state index contributed by atoms with van der Waals surface area (Å²) in [6, 6.07) is 5.83. The number of thiophene rings is 1. The molecule has 3 aromatic rings. The van der Waals surface area contributed by atoms with Crippen LogP contribution in [0.3, 0.4) is 0 Å². The molecule has 0 radical (unpaired) electrons. The van der Waals surface area contributed by atoms with Gasteiger partial charge < -0.3 is 15.5 Å². The maximum Gasteiger partial charge on any atom is 0.335 e. The minimum absolute atomic E-state index is 0.109. The number of hydrogen-bond acceptors (Lipinski definition) is 6. The molecule has 2 aromatic heterocycles. The Hall–Kier alpha value is -3.00. The van der Waals surface area contributed by atoms with E-state index in [2.05, 4.69) is 15.3 Å². The summed E-state index contributed by atoms with van der Waals surface area (Å²) >= 11 is 1.56. The monoisotopic (exact) mass is 343 g/mol. The number of hydrogen-bond donors (Lipinski definition) is 3. The number of benzene rings is 1. The van der Waals surface area contributed by atoms with Crippen LogP contribution in [0, 0.1) is 0 Å². The fourth-order valence-electron chi connectivity index (χ4n) is 2.26. The van der Waals surface area contributed by atoms with E-state index in [-0.39, 0.29) is 11.1 Å². The number of nitrogens with zero attached hydrogens (tertiary/aromatic N) is 2. The summed E-state index contributed by atoms with van der Waals surface area (Å²) in [6.07, 6.45) is 2.29. The van der Waals surface area contributed by atoms with Crippen LogP contribution in [0.1, 0.15) is 32.5 Å². The first-order valence-corrected chi connectivity index (χ1v) is 7.91. The lowest BCUT2D eigenvalue weighted by Gasteiger charge is -2.08. The van der Waals surface area contributed by atoms with E-state index in [1.807, 2.05) is 13.0 Å². The second kappa shape index (κ2) is 6.25. The number of nitrogens with one attached hydrogen (secondary N) is 1. The van der Waals surface area contributed by atoms with Crippen LogP contribution in [0.5, 0.6) is 0 Å². The maximum atomic E-state index is 11.2. The zero-order valence-corrected chi connectivity index (χ0v) is 13.4. The zero-order valence-electron chi connectivity index (χ0n) is 12.6. The van der Waals surface area contributed by atoms with Crippen LogP contribution in [0.2, 0.25) is 0 Å². The van der Waals surface area contributed by atoms with E-state index in [9.17, 15) is 9.59 Å². The highest BCUT2D eigenvalue weighted by molar-refractivity contribution is 7.18. The van der Waals surface area contributed by atoms with Crippen LogP contribution in [-0.2, 0) is 6.42 Å². The molecule has 0 aliphatic carbocycles. The Morgan fingerprint density at radius 1 is 1.08 bits per heavy atom. The summed E-state index contributed by atoms with van der Waals surface area (Å²) < 4.78 is 0. The molecule has 3 N–H and O–H groups in total. The van der Waals surface area contributed by atoms with Crippen LogP contribution in [0.25, 0.3) is 10.2 Å². The van der Waals surface area contributed by atoms with Crippen LogP contribution >= 0.6 is 11.3 Å². The van der Waals surface area contributed by atoms with Gasteiger partial charge in [-0.15, -0.1) is 11.3 Å². The topological polar surface area (TPSA) is 112 Å². The van der Waals surface area contributed by atoms with Crippen molar-refractivity contribution in [3.8, 4) is 0 Å². The van der Waals surface area contributed by atoms with Gasteiger partial charge in [0, 0.05) is 10.6 Å². The van der Waals surface area contributed by atoms with E-state index >= 15 is 0 Å². The third-order valence-electron chi connectivity index (χ3n) is 3.42. The summed E-state index contributed by atoms with van der Waals surface area (Å²) in [5.41, 5.74) is 0.126. The molecule has 0 saturated heterocycles. The Labute approximate surface area is 140 Å². The van der Waals surface area contributed by atoms with Crippen molar-refractivity contribution in [1.82, 2.24) is 9.97 Å². The van der Waals surface area contributed by atoms with Crippen LogP contribution < -0.4 is 5.32 Å². The number of aryl methyl sites for hydroxylation is 1. The van der Waals surface area contributed by atoms with Crippen molar-refractivity contribution in [3.63, 3.8) is 0 Å². The van der Waals surface area contributed by atoms with Gasteiger partial charge in [0.2, 0.25) is 0 Å². The number of carboxylic acid groups (broad SMARTS) is 2. The van der Waals surface area contributed by atoms with E-state index in [0.717, 1.165) is 27.6 Å². The molecule has 0 fully saturated rings. The van der Waals surface area contributed by atoms with E-state index in [1.54, 1.807) is 11.3 Å². The van der Waals surface area contributed by atoms with Crippen molar-refractivity contribution < 1.29 is 19.8 Å². The Morgan fingerprint density at radius 3 is 2.33 bits per heavy atom. The largest absolute Gasteiger partial charge is 0.478 e. The van der Waals surface area contributed by atoms with Gasteiger partial charge in [-0.25, -0.2) is 19.6 Å². The molecule has 0 atom stereocenters. The maximum absolute atomic E-state index is 11.2. The van der Waals surface area contributed by atoms with Gasteiger partial charge in [-0.2, -0.15) is 0 Å². The molecule has 1 aromatic carbocycles. The number of aromatic nitrogens is 2. The van der Waals surface area contributed by atoms with Gasteiger partial charge in [0.25, 0.3) is 0 Å². The minimum atomic E-state index is -1.20. The fourth-order valence-corrected chi connectivity index (χ4v) is 3.20. The first-order chi connectivity index (χ1) is 11.5. The smallest absolute Gasteiger partial charge is 0.335 e. The highest BCUT2D eigenvalue weighted by atomic mass is 32.1. The minimum Gasteiger partial charge on any atom is -0.478 e. The van der Waals surface area contributed by atoms with E-state index < -0.39 is 11.9 Å². The average molecular weight is 343 g/mol. The third-order valence-corrected chi connectivity index (χ3v) is 4.61. The number of carboxylic acids is 2. The molecular formula is C16H13N3O4S. The summed E-state index contributed by atoms with van der Waals surface area (Å²) in [6.45, 7) is 2.04. The highest BCUT2D eigenvalue weighted by Crippen LogP contribution is 2.30. The van der Waals surface area contributed by atoms with Crippen molar-refractivity contribution in [3.05, 3.63) is 46.6 Å². The van der Waals surface area contributed by atoms with Gasteiger partial charge in [-0.3, -0.25) is 0 Å². The molecule has 122 valence electrons. The van der Waals surface area contributed by atoms with E-state index in [0.29, 0.717) is 11.5 Å². The molecular weight excluding hydrogens is 330 g/mol. The van der Waals surface area contributed by atoms with E-state index in [1.165, 1.54) is 18.5 Å². The quantitative estimate of drug-likeness (QED) is 0.651. The van der Waals surface area contributed by atoms with Crippen LogP contribution in [-0.4, -0.2) is 32.1 Å². The van der Waals surface area contributed by atoms with Crippen molar-refractivity contribution in [1.29, 1.82) is 0 Å². The number of anilines is 2. The SMILES string of the molecule is CCc1cc2c(Nc3cc(C(=O)O)cc(C(=O)O)c3)ncnc2s1. The Balaban J connectivity index is 2.06. The van der Waals surface area contributed by atoms with Gasteiger partial charge >= 0.3 is 11.9 Å². The molecule has 0 unspecified atom stereocenters. The van der Waals surface area contributed by atoms with Crippen molar-refractivity contribution in [2.45, 2.75) is 13.3 Å². The number of fused-ring (bicyclic) bond motifs is 1. The first kappa shape index (κ1) is 15.9. The van der Waals surface area contributed by atoms with Gasteiger partial charge in [-0.05, 0) is 30.7 Å². The molecule has 7 nitrogen and oxygen atoms in total. The summed E-state index contributed by atoms with van der Waals surface area (Å²) in [5, 5.41) is 22.1. The molecule has 8 heteroatoms. The number of rotatable bonds is 5. The zero-order chi connectivity index (χ0) is 17.3. The molecule has 2 heterocycles. The molecule has 0 bridgehead atoms. The second-order valence-corrected chi connectivity index (χ2v) is 6.16. The summed E-state index contributed by atoms with van der Waals surface area (Å²) in [7, 11) is 0. The first-order valence-electron chi connectivity index (χ1n) is 7.10. The lowest BCUT2D eigenvalue weighted by molar-refractivity contribution is 0.0696. The third kappa shape index (κ3) is 3.04. The van der Waals surface area contributed by atoms with Gasteiger partial charge in [0.15, 0.2) is 0 Å². The normalized spacial score (nSPS) is 10.7. The summed E-state index contributed by atoms with van der Waals surface area (Å²) in [5.74, 6) is -1.88. The number of carbonyl (C=O) groups is 2. The predicted octanol–water partition coefficient (Wildman–Crippen LogP) is 3.39. The molecule has 24 heavy (non-hydrogen) atoms. The average Bonchev–Trinajstić information content (AvgIpc) is 2.99. The van der Waals surface area contributed by atoms with Gasteiger partial charge in [0.05, 0.1) is 16.5 Å². The fraction of sp³-hybridized carbons (Fsp3) is 0.125. The lowest BCUT2D eigenvalue weighted by atomic mass is 10.1. The Kier molecular flexibility index (Phi) is 4.13. The Morgan fingerprint density at radius 2 is 1.75 bits per heavy atom. The van der Waals surface area contributed by atoms with Gasteiger partial charge in [-0.1, -0.05) is 6.92 Å². The predicted molar refractivity (Wildman–Crippen MR) is 90.4 cm³/mol. The molecule has 0 aliphatic rings. The molecule has 0 spiro atoms.